The van der Waals surface area contributed by atoms with E-state index in [1.807, 2.05) is 19.9 Å². The average Bonchev–Trinajstić information content (AvgIpc) is 2.69. The van der Waals surface area contributed by atoms with Crippen molar-refractivity contribution < 1.29 is 33.4 Å². The summed E-state index contributed by atoms with van der Waals surface area (Å²) in [7, 11) is 0. The molecule has 9 nitrogen and oxygen atoms in total. The van der Waals surface area contributed by atoms with E-state index in [4.69, 9.17) is 19.0 Å². The fraction of sp³-hybridized carbons (Fsp3) is 0.400. The van der Waals surface area contributed by atoms with E-state index in [1.165, 1.54) is 6.07 Å². The first-order valence-electron chi connectivity index (χ1n) is 9.23. The lowest BCUT2D eigenvalue weighted by atomic mass is 10.1. The number of ether oxygens (including phenoxy) is 2. The Morgan fingerprint density at radius 2 is 1.72 bits per heavy atom. The smallest absolute Gasteiger partial charge is 0.351 e. The van der Waals surface area contributed by atoms with Gasteiger partial charge in [-0.3, -0.25) is 9.59 Å². The SMILES string of the molecule is CCN(CC)c1ccc2cc(C(=O)OCCOC(=O)CCC(=O)O)c(=O)oc2c1. The number of hydrogen-bond donors (Lipinski definition) is 1. The van der Waals surface area contributed by atoms with E-state index in [1.54, 1.807) is 12.1 Å². The highest BCUT2D eigenvalue weighted by molar-refractivity contribution is 5.93. The van der Waals surface area contributed by atoms with Gasteiger partial charge < -0.3 is 23.9 Å². The van der Waals surface area contributed by atoms with Gasteiger partial charge in [-0.05, 0) is 32.0 Å². The van der Waals surface area contributed by atoms with E-state index in [0.717, 1.165) is 18.8 Å². The average molecular weight is 405 g/mol. The standard InChI is InChI=1S/C20H23NO8/c1-3-21(4-2)14-6-5-13-11-15(20(26)29-16(13)12-14)19(25)28-10-9-27-18(24)8-7-17(22)23/h5-6,11-12H,3-4,7-10H2,1-2H3,(H,22,23). The number of carboxylic acids is 1. The van der Waals surface area contributed by atoms with Crippen molar-refractivity contribution in [3.05, 3.63) is 40.2 Å². The molecule has 1 aromatic heterocycles. The Morgan fingerprint density at radius 1 is 1.03 bits per heavy atom. The molecule has 0 atom stereocenters. The fourth-order valence-electron chi connectivity index (χ4n) is 2.68. The molecular weight excluding hydrogens is 382 g/mol. The van der Waals surface area contributed by atoms with Crippen LogP contribution in [0.25, 0.3) is 11.0 Å². The van der Waals surface area contributed by atoms with Gasteiger partial charge in [0.1, 0.15) is 24.4 Å². The van der Waals surface area contributed by atoms with Gasteiger partial charge in [-0.2, -0.15) is 0 Å². The summed E-state index contributed by atoms with van der Waals surface area (Å²) in [4.78, 5) is 48.0. The van der Waals surface area contributed by atoms with Crippen LogP contribution in [0.5, 0.6) is 0 Å². The zero-order valence-electron chi connectivity index (χ0n) is 16.3. The summed E-state index contributed by atoms with van der Waals surface area (Å²) in [6.45, 7) is 5.14. The van der Waals surface area contributed by atoms with Crippen LogP contribution in [0.2, 0.25) is 0 Å². The highest BCUT2D eigenvalue weighted by Crippen LogP contribution is 2.22. The van der Waals surface area contributed by atoms with Crippen LogP contribution >= 0.6 is 0 Å². The van der Waals surface area contributed by atoms with Gasteiger partial charge in [0, 0.05) is 30.2 Å². The van der Waals surface area contributed by atoms with Crippen molar-refractivity contribution in [1.82, 2.24) is 0 Å². The third-order valence-electron chi connectivity index (χ3n) is 4.19. The van der Waals surface area contributed by atoms with Crippen molar-refractivity contribution in [2.75, 3.05) is 31.2 Å². The molecule has 0 bridgehead atoms. The molecule has 0 fully saturated rings. The Bertz CT molecular complexity index is 945. The maximum absolute atomic E-state index is 12.2. The van der Waals surface area contributed by atoms with Crippen LogP contribution < -0.4 is 10.5 Å². The Kier molecular flexibility index (Phi) is 7.76. The predicted octanol–water partition coefficient (Wildman–Crippen LogP) is 2.20. The quantitative estimate of drug-likeness (QED) is 0.360. The lowest BCUT2D eigenvalue weighted by molar-refractivity contribution is -0.148. The van der Waals surface area contributed by atoms with Gasteiger partial charge in [-0.25, -0.2) is 9.59 Å². The lowest BCUT2D eigenvalue weighted by Gasteiger charge is -2.20. The number of aliphatic carboxylic acids is 1. The molecule has 0 amide bonds. The van der Waals surface area contributed by atoms with Gasteiger partial charge in [0.05, 0.1) is 12.8 Å². The Labute approximate surface area is 166 Å². The third kappa shape index (κ3) is 6.06. The first-order chi connectivity index (χ1) is 13.8. The second kappa shape index (κ2) is 10.3. The Balaban J connectivity index is 2.00. The molecule has 1 N–H and O–H groups in total. The first kappa shape index (κ1) is 21.9. The highest BCUT2D eigenvalue weighted by atomic mass is 16.6. The predicted molar refractivity (Wildman–Crippen MR) is 104 cm³/mol. The first-order valence-corrected chi connectivity index (χ1v) is 9.23. The molecule has 0 aliphatic rings. The van der Waals surface area contributed by atoms with E-state index >= 15 is 0 Å². The lowest BCUT2D eigenvalue weighted by Crippen LogP contribution is -2.22. The monoisotopic (exact) mass is 405 g/mol. The number of carboxylic acid groups (broad SMARTS) is 1. The van der Waals surface area contributed by atoms with Crippen LogP contribution in [0.4, 0.5) is 5.69 Å². The fourth-order valence-corrected chi connectivity index (χ4v) is 2.68. The normalized spacial score (nSPS) is 10.6. The largest absolute Gasteiger partial charge is 0.481 e. The number of esters is 2. The number of anilines is 1. The number of hydrogen-bond acceptors (Lipinski definition) is 8. The number of fused-ring (bicyclic) bond motifs is 1. The summed E-state index contributed by atoms with van der Waals surface area (Å²) < 4.78 is 14.9. The molecule has 2 rings (SSSR count). The maximum Gasteiger partial charge on any atom is 0.351 e. The number of carbonyl (C=O) groups excluding carboxylic acids is 2. The molecule has 9 heteroatoms. The topological polar surface area (TPSA) is 123 Å². The van der Waals surface area contributed by atoms with Crippen molar-refractivity contribution in [2.45, 2.75) is 26.7 Å². The highest BCUT2D eigenvalue weighted by Gasteiger charge is 2.16. The molecular formula is C20H23NO8. The van der Waals surface area contributed by atoms with Gasteiger partial charge in [0.15, 0.2) is 0 Å². The molecule has 0 aliphatic heterocycles. The molecule has 0 aliphatic carbocycles. The summed E-state index contributed by atoms with van der Waals surface area (Å²) in [6.07, 6.45) is -0.611. The van der Waals surface area contributed by atoms with Crippen molar-refractivity contribution in [2.24, 2.45) is 0 Å². The van der Waals surface area contributed by atoms with Crippen LogP contribution in [0, 0.1) is 0 Å². The molecule has 0 saturated carbocycles. The minimum Gasteiger partial charge on any atom is -0.481 e. The summed E-state index contributed by atoms with van der Waals surface area (Å²) in [5.41, 5.74) is 0.192. The zero-order valence-corrected chi connectivity index (χ0v) is 16.3. The number of nitrogens with zero attached hydrogens (tertiary/aromatic N) is 1. The van der Waals surface area contributed by atoms with Crippen LogP contribution in [0.1, 0.15) is 37.0 Å². The van der Waals surface area contributed by atoms with Crippen LogP contribution in [0.3, 0.4) is 0 Å². The van der Waals surface area contributed by atoms with E-state index in [2.05, 4.69) is 4.90 Å². The number of rotatable bonds is 10. The molecule has 0 spiro atoms. The van der Waals surface area contributed by atoms with Gasteiger partial charge in [-0.1, -0.05) is 0 Å². The van der Waals surface area contributed by atoms with E-state index in [0.29, 0.717) is 11.0 Å². The van der Waals surface area contributed by atoms with Crippen LogP contribution in [-0.2, 0) is 19.1 Å². The number of benzene rings is 1. The van der Waals surface area contributed by atoms with E-state index < -0.39 is 23.5 Å². The maximum atomic E-state index is 12.2. The second-order valence-corrected chi connectivity index (χ2v) is 6.09. The van der Waals surface area contributed by atoms with Crippen LogP contribution in [0.15, 0.2) is 33.5 Å². The Morgan fingerprint density at radius 3 is 2.38 bits per heavy atom. The van der Waals surface area contributed by atoms with Crippen LogP contribution in [-0.4, -0.2) is 49.3 Å². The molecule has 1 aromatic carbocycles. The van der Waals surface area contributed by atoms with Crippen molar-refractivity contribution in [1.29, 1.82) is 0 Å². The van der Waals surface area contributed by atoms with Crippen molar-refractivity contribution in [3.8, 4) is 0 Å². The Hall–Kier alpha value is -3.36. The second-order valence-electron chi connectivity index (χ2n) is 6.09. The summed E-state index contributed by atoms with van der Waals surface area (Å²) >= 11 is 0. The molecule has 156 valence electrons. The molecule has 0 radical (unpaired) electrons. The van der Waals surface area contributed by atoms with E-state index in [9.17, 15) is 19.2 Å². The van der Waals surface area contributed by atoms with Gasteiger partial charge >= 0.3 is 23.5 Å². The molecule has 29 heavy (non-hydrogen) atoms. The molecule has 0 unspecified atom stereocenters. The summed E-state index contributed by atoms with van der Waals surface area (Å²) in [6, 6.07) is 6.78. The van der Waals surface area contributed by atoms with Crippen molar-refractivity contribution >= 4 is 34.6 Å². The van der Waals surface area contributed by atoms with Gasteiger partial charge in [0.25, 0.3) is 0 Å². The van der Waals surface area contributed by atoms with E-state index in [-0.39, 0.29) is 31.6 Å². The summed E-state index contributed by atoms with van der Waals surface area (Å²) in [5, 5.41) is 9.06. The third-order valence-corrected chi connectivity index (χ3v) is 4.19. The van der Waals surface area contributed by atoms with Gasteiger partial charge in [0.2, 0.25) is 0 Å². The minimum absolute atomic E-state index is 0.240. The molecule has 1 heterocycles. The zero-order chi connectivity index (χ0) is 21.4. The molecule has 2 aromatic rings. The summed E-state index contributed by atoms with van der Waals surface area (Å²) in [5.74, 6) is -2.71. The van der Waals surface area contributed by atoms with Crippen molar-refractivity contribution in [3.63, 3.8) is 0 Å². The minimum atomic E-state index is -1.11. The van der Waals surface area contributed by atoms with Gasteiger partial charge in [-0.15, -0.1) is 0 Å². The number of carbonyl (C=O) groups is 3. The molecule has 0 saturated heterocycles.